The summed E-state index contributed by atoms with van der Waals surface area (Å²) in [6.45, 7) is 4.48. The van der Waals surface area contributed by atoms with Crippen LogP contribution in [0.1, 0.15) is 76.0 Å². The van der Waals surface area contributed by atoms with Crippen LogP contribution in [0.4, 0.5) is 0 Å². The standard InChI is InChI=1S/C17H29N/c1-3-5-6-7-8-13-17(18)16-12-9-11-15(14-16)10-4-2/h9,11-12,14,17H,3-8,10,13,18H2,1-2H3. The molecule has 0 aliphatic heterocycles. The Kier molecular flexibility index (Phi) is 7.75. The number of benzene rings is 1. The molecule has 0 aliphatic carbocycles. The molecule has 1 aromatic rings. The molecule has 1 atom stereocenters. The summed E-state index contributed by atoms with van der Waals surface area (Å²) >= 11 is 0. The molecular formula is C17H29N. The highest BCUT2D eigenvalue weighted by atomic mass is 14.6. The van der Waals surface area contributed by atoms with E-state index in [2.05, 4.69) is 38.1 Å². The first-order valence-electron chi connectivity index (χ1n) is 7.62. The van der Waals surface area contributed by atoms with Crippen molar-refractivity contribution in [3.05, 3.63) is 35.4 Å². The molecule has 0 bridgehead atoms. The third-order valence-corrected chi connectivity index (χ3v) is 3.54. The zero-order chi connectivity index (χ0) is 13.2. The monoisotopic (exact) mass is 247 g/mol. The fraction of sp³-hybridized carbons (Fsp3) is 0.647. The van der Waals surface area contributed by atoms with E-state index in [1.807, 2.05) is 0 Å². The molecule has 0 aliphatic rings. The summed E-state index contributed by atoms with van der Waals surface area (Å²) in [5.41, 5.74) is 9.02. The Bertz CT molecular complexity index is 319. The Hall–Kier alpha value is -0.820. The van der Waals surface area contributed by atoms with Gasteiger partial charge in [-0.25, -0.2) is 0 Å². The van der Waals surface area contributed by atoms with E-state index in [4.69, 9.17) is 5.73 Å². The van der Waals surface area contributed by atoms with Crippen molar-refractivity contribution in [3.8, 4) is 0 Å². The second-order valence-corrected chi connectivity index (χ2v) is 5.30. The number of nitrogens with two attached hydrogens (primary N) is 1. The number of aryl methyl sites for hydroxylation is 1. The number of rotatable bonds is 9. The molecule has 0 fully saturated rings. The topological polar surface area (TPSA) is 26.0 Å². The highest BCUT2D eigenvalue weighted by Gasteiger charge is 2.06. The molecule has 102 valence electrons. The van der Waals surface area contributed by atoms with Gasteiger partial charge in [0.15, 0.2) is 0 Å². The Morgan fingerprint density at radius 1 is 1.00 bits per heavy atom. The molecular weight excluding hydrogens is 218 g/mol. The molecule has 0 saturated carbocycles. The first kappa shape index (κ1) is 15.2. The van der Waals surface area contributed by atoms with E-state index >= 15 is 0 Å². The lowest BCUT2D eigenvalue weighted by molar-refractivity contribution is 0.555. The average molecular weight is 247 g/mol. The van der Waals surface area contributed by atoms with Crippen LogP contribution in [-0.2, 0) is 6.42 Å². The Balaban J connectivity index is 2.36. The van der Waals surface area contributed by atoms with Crippen molar-refractivity contribution >= 4 is 0 Å². The van der Waals surface area contributed by atoms with Crippen molar-refractivity contribution < 1.29 is 0 Å². The summed E-state index contributed by atoms with van der Waals surface area (Å²) in [6, 6.07) is 9.05. The minimum atomic E-state index is 0.225. The quantitative estimate of drug-likeness (QED) is 0.611. The van der Waals surface area contributed by atoms with E-state index in [0.717, 1.165) is 12.8 Å². The predicted molar refractivity (Wildman–Crippen MR) is 80.7 cm³/mol. The zero-order valence-corrected chi connectivity index (χ0v) is 12.1. The minimum Gasteiger partial charge on any atom is -0.324 e. The Morgan fingerprint density at radius 2 is 1.78 bits per heavy atom. The summed E-state index contributed by atoms with van der Waals surface area (Å²) in [5.74, 6) is 0. The summed E-state index contributed by atoms with van der Waals surface area (Å²) in [6.07, 6.45) is 10.1. The van der Waals surface area contributed by atoms with Crippen LogP contribution in [0.5, 0.6) is 0 Å². The van der Waals surface area contributed by atoms with Crippen LogP contribution < -0.4 is 5.73 Å². The molecule has 18 heavy (non-hydrogen) atoms. The molecule has 0 aromatic heterocycles. The molecule has 2 N–H and O–H groups in total. The predicted octanol–water partition coefficient (Wildman–Crippen LogP) is 5.00. The van der Waals surface area contributed by atoms with Gasteiger partial charge in [0.25, 0.3) is 0 Å². The molecule has 1 unspecified atom stereocenters. The van der Waals surface area contributed by atoms with Crippen LogP contribution in [0.2, 0.25) is 0 Å². The first-order valence-corrected chi connectivity index (χ1v) is 7.62. The van der Waals surface area contributed by atoms with Crippen molar-refractivity contribution in [2.45, 2.75) is 71.3 Å². The highest BCUT2D eigenvalue weighted by molar-refractivity contribution is 5.25. The molecule has 0 amide bonds. The van der Waals surface area contributed by atoms with E-state index < -0.39 is 0 Å². The molecule has 0 spiro atoms. The van der Waals surface area contributed by atoms with Gasteiger partial charge in [-0.2, -0.15) is 0 Å². The molecule has 0 heterocycles. The van der Waals surface area contributed by atoms with Gasteiger partial charge in [-0.3, -0.25) is 0 Å². The third kappa shape index (κ3) is 5.68. The largest absolute Gasteiger partial charge is 0.324 e. The van der Waals surface area contributed by atoms with Gasteiger partial charge in [0.05, 0.1) is 0 Å². The van der Waals surface area contributed by atoms with Gasteiger partial charge in [0.1, 0.15) is 0 Å². The van der Waals surface area contributed by atoms with Crippen molar-refractivity contribution in [2.75, 3.05) is 0 Å². The van der Waals surface area contributed by atoms with Crippen molar-refractivity contribution in [1.82, 2.24) is 0 Å². The van der Waals surface area contributed by atoms with Gasteiger partial charge >= 0.3 is 0 Å². The maximum atomic E-state index is 6.27. The van der Waals surface area contributed by atoms with Gasteiger partial charge in [-0.1, -0.05) is 76.6 Å². The summed E-state index contributed by atoms with van der Waals surface area (Å²) in [5, 5.41) is 0. The molecule has 0 saturated heterocycles. The smallest absolute Gasteiger partial charge is 0.0294 e. The molecule has 1 nitrogen and oxygen atoms in total. The molecule has 1 rings (SSSR count). The second-order valence-electron chi connectivity index (χ2n) is 5.30. The van der Waals surface area contributed by atoms with Crippen LogP contribution in [0.25, 0.3) is 0 Å². The third-order valence-electron chi connectivity index (χ3n) is 3.54. The van der Waals surface area contributed by atoms with Gasteiger partial charge in [0.2, 0.25) is 0 Å². The van der Waals surface area contributed by atoms with Crippen LogP contribution in [0.15, 0.2) is 24.3 Å². The van der Waals surface area contributed by atoms with Crippen molar-refractivity contribution in [3.63, 3.8) is 0 Å². The van der Waals surface area contributed by atoms with Gasteiger partial charge in [0, 0.05) is 6.04 Å². The van der Waals surface area contributed by atoms with Gasteiger partial charge in [-0.15, -0.1) is 0 Å². The Morgan fingerprint density at radius 3 is 2.50 bits per heavy atom. The first-order chi connectivity index (χ1) is 8.77. The zero-order valence-electron chi connectivity index (χ0n) is 12.1. The molecule has 0 radical (unpaired) electrons. The van der Waals surface area contributed by atoms with Gasteiger partial charge in [-0.05, 0) is 24.0 Å². The number of hydrogen-bond acceptors (Lipinski definition) is 1. The lowest BCUT2D eigenvalue weighted by Crippen LogP contribution is -2.10. The normalized spacial score (nSPS) is 12.6. The minimum absolute atomic E-state index is 0.225. The van der Waals surface area contributed by atoms with E-state index in [1.54, 1.807) is 0 Å². The maximum Gasteiger partial charge on any atom is 0.0294 e. The SMILES string of the molecule is CCCCCCCC(N)c1cccc(CCC)c1. The Labute approximate surface area is 113 Å². The van der Waals surface area contributed by atoms with E-state index in [9.17, 15) is 0 Å². The van der Waals surface area contributed by atoms with Crippen LogP contribution in [0.3, 0.4) is 0 Å². The fourth-order valence-electron chi connectivity index (χ4n) is 2.40. The van der Waals surface area contributed by atoms with Crippen LogP contribution in [-0.4, -0.2) is 0 Å². The number of hydrogen-bond donors (Lipinski definition) is 1. The van der Waals surface area contributed by atoms with Crippen LogP contribution >= 0.6 is 0 Å². The fourth-order valence-corrected chi connectivity index (χ4v) is 2.40. The lowest BCUT2D eigenvalue weighted by Gasteiger charge is -2.13. The van der Waals surface area contributed by atoms with E-state index in [0.29, 0.717) is 0 Å². The van der Waals surface area contributed by atoms with Crippen molar-refractivity contribution in [2.24, 2.45) is 5.73 Å². The highest BCUT2D eigenvalue weighted by Crippen LogP contribution is 2.19. The second kappa shape index (κ2) is 9.16. The van der Waals surface area contributed by atoms with Crippen LogP contribution in [0, 0.1) is 0 Å². The average Bonchev–Trinajstić information content (AvgIpc) is 2.39. The van der Waals surface area contributed by atoms with E-state index in [1.165, 1.54) is 49.7 Å². The summed E-state index contributed by atoms with van der Waals surface area (Å²) in [7, 11) is 0. The molecule has 1 heteroatoms. The summed E-state index contributed by atoms with van der Waals surface area (Å²) < 4.78 is 0. The summed E-state index contributed by atoms with van der Waals surface area (Å²) in [4.78, 5) is 0. The van der Waals surface area contributed by atoms with Gasteiger partial charge < -0.3 is 5.73 Å². The van der Waals surface area contributed by atoms with E-state index in [-0.39, 0.29) is 6.04 Å². The lowest BCUT2D eigenvalue weighted by atomic mass is 9.98. The molecule has 1 aromatic carbocycles. The maximum absolute atomic E-state index is 6.27. The number of unbranched alkanes of at least 4 members (excludes halogenated alkanes) is 4. The van der Waals surface area contributed by atoms with Crippen molar-refractivity contribution in [1.29, 1.82) is 0 Å².